The van der Waals surface area contributed by atoms with Crippen molar-refractivity contribution < 1.29 is 4.57 Å². The SMILES string of the molecule is Cc1cc2c3ccccc3n(C(C)C)c2cc1-c1c2ccc(C(C)(C)C)cc2cc[n+]1C. The molecule has 5 rings (SSSR count). The standard InChI is InChI=1S/C30H33N2/c1-19(2)32-27-11-9-8-10-24(27)26-16-20(3)25(18-28(26)32)29-23-13-12-22(30(4,5)6)17-21(23)14-15-31(29)7/h8-19H,1-7H3/q+1. The van der Waals surface area contributed by atoms with Crippen LogP contribution in [0.1, 0.15) is 51.8 Å². The molecule has 2 heteroatoms. The fourth-order valence-corrected chi connectivity index (χ4v) is 5.14. The summed E-state index contributed by atoms with van der Waals surface area (Å²) >= 11 is 0. The predicted octanol–water partition coefficient (Wildman–Crippen LogP) is 7.63. The normalized spacial score (nSPS) is 12.5. The van der Waals surface area contributed by atoms with E-state index in [1.165, 1.54) is 55.0 Å². The molecule has 0 spiro atoms. The van der Waals surface area contributed by atoms with Gasteiger partial charge in [0.15, 0.2) is 6.20 Å². The molecule has 0 aliphatic heterocycles. The number of fused-ring (bicyclic) bond motifs is 4. The Morgan fingerprint density at radius 1 is 0.812 bits per heavy atom. The maximum atomic E-state index is 2.48. The Kier molecular flexibility index (Phi) is 4.67. The highest BCUT2D eigenvalue weighted by Crippen LogP contribution is 2.38. The molecule has 0 fully saturated rings. The molecule has 162 valence electrons. The smallest absolute Gasteiger partial charge is 0.220 e. The van der Waals surface area contributed by atoms with Gasteiger partial charge < -0.3 is 4.57 Å². The van der Waals surface area contributed by atoms with E-state index in [0.717, 1.165) is 0 Å². The van der Waals surface area contributed by atoms with Crippen molar-refractivity contribution in [2.45, 2.75) is 53.0 Å². The van der Waals surface area contributed by atoms with Crippen LogP contribution in [0, 0.1) is 6.92 Å². The van der Waals surface area contributed by atoms with Gasteiger partial charge in [-0.2, -0.15) is 0 Å². The van der Waals surface area contributed by atoms with Crippen molar-refractivity contribution in [1.82, 2.24) is 4.57 Å². The lowest BCUT2D eigenvalue weighted by Crippen LogP contribution is -2.30. The van der Waals surface area contributed by atoms with E-state index < -0.39 is 0 Å². The molecule has 0 atom stereocenters. The van der Waals surface area contributed by atoms with Crippen LogP contribution in [0.3, 0.4) is 0 Å². The molecular weight excluding hydrogens is 388 g/mol. The van der Waals surface area contributed by atoms with Gasteiger partial charge in [0.1, 0.15) is 7.05 Å². The minimum Gasteiger partial charge on any atom is -0.338 e. The fraction of sp³-hybridized carbons (Fsp3) is 0.300. The van der Waals surface area contributed by atoms with E-state index in [0.29, 0.717) is 6.04 Å². The largest absolute Gasteiger partial charge is 0.338 e. The van der Waals surface area contributed by atoms with Crippen molar-refractivity contribution in [3.8, 4) is 11.3 Å². The Labute approximate surface area is 191 Å². The number of rotatable bonds is 2. The van der Waals surface area contributed by atoms with Gasteiger partial charge in [-0.15, -0.1) is 0 Å². The highest BCUT2D eigenvalue weighted by Gasteiger charge is 2.22. The van der Waals surface area contributed by atoms with Crippen LogP contribution in [0.15, 0.2) is 66.9 Å². The number of hydrogen-bond donors (Lipinski definition) is 0. The van der Waals surface area contributed by atoms with E-state index in [1.807, 2.05) is 0 Å². The Hall–Kier alpha value is -3.13. The van der Waals surface area contributed by atoms with Crippen molar-refractivity contribution in [2.75, 3.05) is 0 Å². The van der Waals surface area contributed by atoms with E-state index in [1.54, 1.807) is 0 Å². The average molecular weight is 422 g/mol. The van der Waals surface area contributed by atoms with Gasteiger partial charge in [-0.1, -0.05) is 51.1 Å². The lowest BCUT2D eigenvalue weighted by atomic mass is 9.85. The van der Waals surface area contributed by atoms with Crippen LogP contribution in [0.4, 0.5) is 0 Å². The first-order chi connectivity index (χ1) is 15.2. The predicted molar refractivity (Wildman–Crippen MR) is 137 cm³/mol. The first kappa shape index (κ1) is 20.8. The van der Waals surface area contributed by atoms with Gasteiger partial charge in [0, 0.05) is 28.4 Å². The van der Waals surface area contributed by atoms with Crippen molar-refractivity contribution >= 4 is 32.6 Å². The average Bonchev–Trinajstić information content (AvgIpc) is 3.06. The Balaban J connectivity index is 1.85. The fourth-order valence-electron chi connectivity index (χ4n) is 5.14. The number of benzene rings is 3. The van der Waals surface area contributed by atoms with Gasteiger partial charge in [-0.05, 0) is 67.0 Å². The third kappa shape index (κ3) is 3.12. The first-order valence-corrected chi connectivity index (χ1v) is 11.6. The molecule has 5 aromatic rings. The van der Waals surface area contributed by atoms with Gasteiger partial charge in [-0.25, -0.2) is 4.57 Å². The zero-order chi connectivity index (χ0) is 22.8. The van der Waals surface area contributed by atoms with Crippen LogP contribution in [0.25, 0.3) is 43.8 Å². The molecule has 0 saturated heterocycles. The van der Waals surface area contributed by atoms with E-state index >= 15 is 0 Å². The number of aromatic nitrogens is 2. The Morgan fingerprint density at radius 3 is 2.28 bits per heavy atom. The second-order valence-electron chi connectivity index (χ2n) is 10.5. The maximum absolute atomic E-state index is 2.48. The molecule has 0 aliphatic carbocycles. The summed E-state index contributed by atoms with van der Waals surface area (Å²) < 4.78 is 4.76. The van der Waals surface area contributed by atoms with Gasteiger partial charge in [0.25, 0.3) is 0 Å². The zero-order valence-electron chi connectivity index (χ0n) is 20.3. The molecule has 32 heavy (non-hydrogen) atoms. The molecule has 0 amide bonds. The molecule has 2 aromatic heterocycles. The molecule has 2 nitrogen and oxygen atoms in total. The summed E-state index contributed by atoms with van der Waals surface area (Å²) in [6.07, 6.45) is 2.20. The third-order valence-electron chi connectivity index (χ3n) is 6.83. The van der Waals surface area contributed by atoms with Gasteiger partial charge in [-0.3, -0.25) is 0 Å². The molecule has 0 bridgehead atoms. The third-order valence-corrected chi connectivity index (χ3v) is 6.83. The minimum atomic E-state index is 0.138. The summed E-state index contributed by atoms with van der Waals surface area (Å²) in [6, 6.07) is 23.2. The molecule has 0 aliphatic rings. The summed E-state index contributed by atoms with van der Waals surface area (Å²) in [7, 11) is 2.16. The van der Waals surface area contributed by atoms with Crippen LogP contribution in [0.5, 0.6) is 0 Å². The molecule has 3 aromatic carbocycles. The minimum absolute atomic E-state index is 0.138. The maximum Gasteiger partial charge on any atom is 0.220 e. The summed E-state index contributed by atoms with van der Waals surface area (Å²) in [5.41, 5.74) is 8.03. The second kappa shape index (κ2) is 7.20. The number of aryl methyl sites for hydroxylation is 2. The molecule has 0 unspecified atom stereocenters. The van der Waals surface area contributed by atoms with Crippen LogP contribution >= 0.6 is 0 Å². The van der Waals surface area contributed by atoms with Crippen molar-refractivity contribution in [3.63, 3.8) is 0 Å². The topological polar surface area (TPSA) is 8.81 Å². The summed E-state index contributed by atoms with van der Waals surface area (Å²) in [6.45, 7) is 13.6. The highest BCUT2D eigenvalue weighted by molar-refractivity contribution is 6.10. The van der Waals surface area contributed by atoms with E-state index in [9.17, 15) is 0 Å². The van der Waals surface area contributed by atoms with Crippen LogP contribution in [0.2, 0.25) is 0 Å². The monoisotopic (exact) mass is 421 g/mol. The van der Waals surface area contributed by atoms with Crippen molar-refractivity contribution in [3.05, 3.63) is 78.0 Å². The second-order valence-corrected chi connectivity index (χ2v) is 10.5. The number of para-hydroxylation sites is 1. The Bertz CT molecular complexity index is 1490. The number of hydrogen-bond acceptors (Lipinski definition) is 0. The Morgan fingerprint density at radius 2 is 1.56 bits per heavy atom. The van der Waals surface area contributed by atoms with Crippen LogP contribution in [-0.2, 0) is 12.5 Å². The molecule has 0 N–H and O–H groups in total. The summed E-state index contributed by atoms with van der Waals surface area (Å²) in [5.74, 6) is 0. The molecular formula is C30H33N2+. The molecule has 2 heterocycles. The quantitative estimate of drug-likeness (QED) is 0.259. The van der Waals surface area contributed by atoms with Crippen molar-refractivity contribution in [1.29, 1.82) is 0 Å². The van der Waals surface area contributed by atoms with Crippen LogP contribution < -0.4 is 4.57 Å². The lowest BCUT2D eigenvalue weighted by molar-refractivity contribution is -0.659. The van der Waals surface area contributed by atoms with Crippen LogP contribution in [-0.4, -0.2) is 4.57 Å². The van der Waals surface area contributed by atoms with Gasteiger partial charge >= 0.3 is 0 Å². The van der Waals surface area contributed by atoms with E-state index in [-0.39, 0.29) is 5.41 Å². The highest BCUT2D eigenvalue weighted by atomic mass is 15.0. The molecule has 0 radical (unpaired) electrons. The van der Waals surface area contributed by atoms with Crippen molar-refractivity contribution in [2.24, 2.45) is 7.05 Å². The number of pyridine rings is 1. The lowest BCUT2D eigenvalue weighted by Gasteiger charge is -2.19. The zero-order valence-corrected chi connectivity index (χ0v) is 20.3. The van der Waals surface area contributed by atoms with Gasteiger partial charge in [0.05, 0.1) is 16.5 Å². The van der Waals surface area contributed by atoms with E-state index in [4.69, 9.17) is 0 Å². The van der Waals surface area contributed by atoms with Gasteiger partial charge in [0.2, 0.25) is 5.69 Å². The first-order valence-electron chi connectivity index (χ1n) is 11.6. The molecule has 0 saturated carbocycles. The summed E-state index contributed by atoms with van der Waals surface area (Å²) in [4.78, 5) is 0. The van der Waals surface area contributed by atoms with E-state index in [2.05, 4.69) is 125 Å². The number of nitrogens with zero attached hydrogens (tertiary/aromatic N) is 2. The summed E-state index contributed by atoms with van der Waals surface area (Å²) in [5, 5.41) is 5.28.